The lowest BCUT2D eigenvalue weighted by atomic mass is 9.96. The molecule has 3 heteroatoms. The van der Waals surface area contributed by atoms with Gasteiger partial charge in [-0.15, -0.1) is 0 Å². The van der Waals surface area contributed by atoms with Gasteiger partial charge in [-0.3, -0.25) is 4.98 Å². The van der Waals surface area contributed by atoms with E-state index in [4.69, 9.17) is 4.74 Å². The summed E-state index contributed by atoms with van der Waals surface area (Å²) in [5, 5.41) is 0. The number of esters is 1. The fourth-order valence-corrected chi connectivity index (χ4v) is 2.67. The zero-order valence-electron chi connectivity index (χ0n) is 11.3. The summed E-state index contributed by atoms with van der Waals surface area (Å²) in [7, 11) is 1.43. The van der Waals surface area contributed by atoms with E-state index in [9.17, 15) is 4.79 Å². The third-order valence-corrected chi connectivity index (χ3v) is 3.60. The SMILES string of the molecule is COC(=O)c1c2cc(nc1C)CCCCCCC2. The van der Waals surface area contributed by atoms with Gasteiger partial charge in [0.15, 0.2) is 0 Å². The Bertz CT molecular complexity index is 440. The molecule has 2 rings (SSSR count). The molecule has 1 aromatic rings. The fourth-order valence-electron chi connectivity index (χ4n) is 2.67. The van der Waals surface area contributed by atoms with Gasteiger partial charge in [-0.25, -0.2) is 4.79 Å². The van der Waals surface area contributed by atoms with Crippen LogP contribution in [0.1, 0.15) is 59.4 Å². The standard InChI is InChI=1S/C15H21NO2/c1-11-14(15(17)18-2)12-8-6-4-3-5-7-9-13(10-12)16-11/h10H,3-9H2,1-2H3. The van der Waals surface area contributed by atoms with Crippen LogP contribution in [0.3, 0.4) is 0 Å². The van der Waals surface area contributed by atoms with Crippen LogP contribution >= 0.6 is 0 Å². The summed E-state index contributed by atoms with van der Waals surface area (Å²) in [6.45, 7) is 1.91. The lowest BCUT2D eigenvalue weighted by Gasteiger charge is -2.14. The van der Waals surface area contributed by atoms with E-state index < -0.39 is 0 Å². The number of methoxy groups -OCH3 is 1. The molecule has 2 bridgehead atoms. The van der Waals surface area contributed by atoms with Gasteiger partial charge in [0.25, 0.3) is 0 Å². The summed E-state index contributed by atoms with van der Waals surface area (Å²) in [6.07, 6.45) is 8.15. The van der Waals surface area contributed by atoms with Crippen molar-refractivity contribution in [3.05, 3.63) is 28.6 Å². The third-order valence-electron chi connectivity index (χ3n) is 3.60. The first kappa shape index (κ1) is 13.1. The van der Waals surface area contributed by atoms with Gasteiger partial charge in [-0.05, 0) is 44.2 Å². The Morgan fingerprint density at radius 1 is 1.17 bits per heavy atom. The van der Waals surface area contributed by atoms with Crippen LogP contribution in [0.4, 0.5) is 0 Å². The van der Waals surface area contributed by atoms with Crippen molar-refractivity contribution in [1.29, 1.82) is 0 Å². The number of nitrogens with zero attached hydrogens (tertiary/aromatic N) is 1. The number of aromatic nitrogens is 1. The van der Waals surface area contributed by atoms with Gasteiger partial charge in [0, 0.05) is 5.69 Å². The van der Waals surface area contributed by atoms with Crippen LogP contribution in [0.2, 0.25) is 0 Å². The quantitative estimate of drug-likeness (QED) is 0.715. The Morgan fingerprint density at radius 3 is 2.56 bits per heavy atom. The van der Waals surface area contributed by atoms with Gasteiger partial charge in [0.1, 0.15) is 0 Å². The van der Waals surface area contributed by atoms with Crippen LogP contribution in [0.15, 0.2) is 6.07 Å². The molecule has 0 radical (unpaired) electrons. The predicted molar refractivity (Wildman–Crippen MR) is 70.8 cm³/mol. The molecule has 1 aliphatic rings. The molecule has 0 saturated carbocycles. The minimum Gasteiger partial charge on any atom is -0.465 e. The highest BCUT2D eigenvalue weighted by Crippen LogP contribution is 2.21. The molecule has 1 aliphatic carbocycles. The Morgan fingerprint density at radius 2 is 1.83 bits per heavy atom. The summed E-state index contributed by atoms with van der Waals surface area (Å²) in [5.41, 5.74) is 3.74. The maximum absolute atomic E-state index is 11.8. The lowest BCUT2D eigenvalue weighted by molar-refractivity contribution is 0.0598. The largest absolute Gasteiger partial charge is 0.465 e. The van der Waals surface area contributed by atoms with Crippen LogP contribution in [0.5, 0.6) is 0 Å². The topological polar surface area (TPSA) is 39.2 Å². The highest BCUT2D eigenvalue weighted by Gasteiger charge is 2.17. The number of fused-ring (bicyclic) bond motifs is 2. The van der Waals surface area contributed by atoms with Crippen LogP contribution in [0.25, 0.3) is 0 Å². The van der Waals surface area contributed by atoms with Crippen molar-refractivity contribution in [2.75, 3.05) is 7.11 Å². The number of carbonyl (C=O) groups is 1. The lowest BCUT2D eigenvalue weighted by Crippen LogP contribution is -2.12. The Hall–Kier alpha value is -1.38. The number of ether oxygens (including phenoxy) is 1. The summed E-state index contributed by atoms with van der Waals surface area (Å²) in [5.74, 6) is -0.251. The monoisotopic (exact) mass is 247 g/mol. The molecule has 1 aromatic heterocycles. The van der Waals surface area contributed by atoms with Gasteiger partial charge in [0.2, 0.25) is 0 Å². The van der Waals surface area contributed by atoms with E-state index in [2.05, 4.69) is 11.1 Å². The van der Waals surface area contributed by atoms with Crippen LogP contribution in [-0.4, -0.2) is 18.1 Å². The van der Waals surface area contributed by atoms with E-state index in [0.717, 1.165) is 36.2 Å². The average Bonchev–Trinajstić information content (AvgIpc) is 2.36. The Kier molecular flexibility index (Phi) is 4.34. The van der Waals surface area contributed by atoms with Gasteiger partial charge >= 0.3 is 5.97 Å². The van der Waals surface area contributed by atoms with Crippen molar-refractivity contribution in [1.82, 2.24) is 4.98 Å². The average molecular weight is 247 g/mol. The van der Waals surface area contributed by atoms with Gasteiger partial charge < -0.3 is 4.74 Å². The van der Waals surface area contributed by atoms with E-state index in [1.165, 1.54) is 32.8 Å². The summed E-state index contributed by atoms with van der Waals surface area (Å²) in [4.78, 5) is 16.4. The van der Waals surface area contributed by atoms with Crippen molar-refractivity contribution in [3.63, 3.8) is 0 Å². The molecular weight excluding hydrogens is 226 g/mol. The first-order valence-corrected chi connectivity index (χ1v) is 6.80. The molecule has 0 aromatic carbocycles. The summed E-state index contributed by atoms with van der Waals surface area (Å²) in [6, 6.07) is 2.10. The van der Waals surface area contributed by atoms with Crippen LogP contribution in [-0.2, 0) is 17.6 Å². The minimum atomic E-state index is -0.251. The smallest absolute Gasteiger partial charge is 0.339 e. The molecule has 0 unspecified atom stereocenters. The number of carbonyl (C=O) groups excluding carboxylic acids is 1. The van der Waals surface area contributed by atoms with E-state index in [1.54, 1.807) is 0 Å². The van der Waals surface area contributed by atoms with Gasteiger partial charge in [-0.1, -0.05) is 19.3 Å². The maximum atomic E-state index is 11.8. The van der Waals surface area contributed by atoms with Crippen molar-refractivity contribution in [2.45, 2.75) is 51.9 Å². The molecule has 0 atom stereocenters. The van der Waals surface area contributed by atoms with Crippen molar-refractivity contribution < 1.29 is 9.53 Å². The minimum absolute atomic E-state index is 0.251. The van der Waals surface area contributed by atoms with Crippen LogP contribution in [0, 0.1) is 6.92 Å². The number of hydrogen-bond acceptors (Lipinski definition) is 3. The van der Waals surface area contributed by atoms with E-state index >= 15 is 0 Å². The summed E-state index contributed by atoms with van der Waals surface area (Å²) >= 11 is 0. The fraction of sp³-hybridized carbons (Fsp3) is 0.600. The molecule has 18 heavy (non-hydrogen) atoms. The van der Waals surface area contributed by atoms with Crippen LogP contribution < -0.4 is 0 Å². The van der Waals surface area contributed by atoms with E-state index in [-0.39, 0.29) is 5.97 Å². The van der Waals surface area contributed by atoms with Crippen molar-refractivity contribution in [3.8, 4) is 0 Å². The van der Waals surface area contributed by atoms with Crippen molar-refractivity contribution in [2.24, 2.45) is 0 Å². The molecule has 0 aliphatic heterocycles. The number of aryl methyl sites for hydroxylation is 3. The molecule has 0 fully saturated rings. The van der Waals surface area contributed by atoms with Gasteiger partial charge in [0.05, 0.1) is 18.4 Å². The summed E-state index contributed by atoms with van der Waals surface area (Å²) < 4.78 is 4.87. The molecule has 98 valence electrons. The maximum Gasteiger partial charge on any atom is 0.339 e. The number of rotatable bonds is 1. The zero-order chi connectivity index (χ0) is 13.0. The molecule has 0 saturated heterocycles. The normalized spacial score (nSPS) is 16.1. The first-order chi connectivity index (χ1) is 8.72. The van der Waals surface area contributed by atoms with Crippen molar-refractivity contribution >= 4 is 5.97 Å². The third kappa shape index (κ3) is 2.89. The Labute approximate surface area is 109 Å². The first-order valence-electron chi connectivity index (χ1n) is 6.80. The highest BCUT2D eigenvalue weighted by atomic mass is 16.5. The molecule has 3 nitrogen and oxygen atoms in total. The van der Waals surface area contributed by atoms with Gasteiger partial charge in [-0.2, -0.15) is 0 Å². The predicted octanol–water partition coefficient (Wildman–Crippen LogP) is 3.23. The Balaban J connectivity index is 2.39. The second-order valence-electron chi connectivity index (χ2n) is 4.99. The molecule has 0 spiro atoms. The zero-order valence-corrected chi connectivity index (χ0v) is 11.3. The number of hydrogen-bond donors (Lipinski definition) is 0. The highest BCUT2D eigenvalue weighted by molar-refractivity contribution is 5.92. The number of pyridine rings is 1. The molecule has 0 N–H and O–H groups in total. The van der Waals surface area contributed by atoms with E-state index in [1.807, 2.05) is 6.92 Å². The molecular formula is C15H21NO2. The molecule has 1 heterocycles. The molecule has 0 amide bonds. The second-order valence-corrected chi connectivity index (χ2v) is 4.99. The van der Waals surface area contributed by atoms with E-state index in [0.29, 0.717) is 5.56 Å². The second kappa shape index (κ2) is 5.98.